The molecule has 0 aromatic heterocycles. The van der Waals surface area contributed by atoms with Crippen LogP contribution in [-0.4, -0.2) is 142 Å². The van der Waals surface area contributed by atoms with E-state index in [1.165, 1.54) is 89.9 Å². The van der Waals surface area contributed by atoms with E-state index in [1.807, 2.05) is 0 Å². The van der Waals surface area contributed by atoms with E-state index in [2.05, 4.69) is 98.9 Å². The highest BCUT2D eigenvalue weighted by molar-refractivity contribution is 5.69. The molecule has 0 aliphatic carbocycles. The monoisotopic (exact) mass is 1090 g/mol. The fourth-order valence-electron chi connectivity index (χ4n) is 9.05. The Balaban J connectivity index is 1.69. The summed E-state index contributed by atoms with van der Waals surface area (Å²) < 4.78 is 34.4. The zero-order valence-corrected chi connectivity index (χ0v) is 47.7. The quantitative estimate of drug-likeness (QED) is 0.0172. The third-order valence-corrected chi connectivity index (χ3v) is 13.9. The number of hydrogen-bond acceptors (Lipinski definition) is 14. The molecule has 2 heterocycles. The Morgan fingerprint density at radius 3 is 1.32 bits per heavy atom. The third-order valence-electron chi connectivity index (χ3n) is 13.9. The van der Waals surface area contributed by atoms with Gasteiger partial charge in [0.1, 0.15) is 54.9 Å². The minimum atomic E-state index is -1.71. The minimum absolute atomic E-state index is 0.0510. The highest BCUT2D eigenvalue weighted by Gasteiger charge is 2.47. The van der Waals surface area contributed by atoms with Crippen molar-refractivity contribution in [3.05, 3.63) is 85.1 Å². The second-order valence-corrected chi connectivity index (χ2v) is 20.8. The van der Waals surface area contributed by atoms with E-state index in [4.69, 9.17) is 28.4 Å². The van der Waals surface area contributed by atoms with Gasteiger partial charge < -0.3 is 64.2 Å². The maximum Gasteiger partial charge on any atom is 0.306 e. The van der Waals surface area contributed by atoms with Crippen LogP contribution in [0.15, 0.2) is 85.1 Å². The van der Waals surface area contributed by atoms with Gasteiger partial charge in [0, 0.05) is 13.0 Å². The van der Waals surface area contributed by atoms with Crippen LogP contribution >= 0.6 is 0 Å². The number of carbonyl (C=O) groups is 1. The van der Waals surface area contributed by atoms with Crippen LogP contribution in [0.2, 0.25) is 0 Å². The van der Waals surface area contributed by atoms with Gasteiger partial charge in [0.15, 0.2) is 12.6 Å². The first-order valence-electron chi connectivity index (χ1n) is 30.2. The fourth-order valence-corrected chi connectivity index (χ4v) is 9.05. The van der Waals surface area contributed by atoms with Gasteiger partial charge in [-0.05, 0) is 89.9 Å². The highest BCUT2D eigenvalue weighted by atomic mass is 16.7. The average molecular weight is 1090 g/mol. The van der Waals surface area contributed by atoms with Gasteiger partial charge in [-0.3, -0.25) is 4.79 Å². The summed E-state index contributed by atoms with van der Waals surface area (Å²) in [5, 5.41) is 72.4. The van der Waals surface area contributed by atoms with E-state index in [-0.39, 0.29) is 25.6 Å². The molecule has 0 amide bonds. The summed E-state index contributed by atoms with van der Waals surface area (Å²) in [5.41, 5.74) is 0. The lowest BCUT2D eigenvalue weighted by Crippen LogP contribution is -2.61. The number of rotatable bonds is 48. The normalized spacial score (nSPS) is 24.9. The standard InChI is InChI=1S/C63H108O14/c1-3-5-7-9-11-13-15-17-19-21-22-23-24-25-26-27-28-29-31-33-35-37-39-41-43-45-47-72-49-52(75-55(65)46-44-42-40-38-36-34-32-30-20-18-16-14-12-10-8-6-4-2)50-73-62-61(71)59(69)57(67)54(77-62)51-74-63-60(70)58(68)56(66)53(48-64)76-63/h5,7,11-14,17-20,22-23,25-26,52-54,56-64,66-71H,3-4,6,8-10,15-16,21,24,27-51H2,1-2H3/b7-5-,13-11-,14-12-,19-17-,20-18-,23-22-,26-25-. The molecule has 2 fully saturated rings. The first-order valence-corrected chi connectivity index (χ1v) is 30.2. The van der Waals surface area contributed by atoms with E-state index in [0.29, 0.717) is 13.0 Å². The fraction of sp³-hybridized carbons (Fsp3) is 0.762. The third kappa shape index (κ3) is 35.5. The van der Waals surface area contributed by atoms with Crippen molar-refractivity contribution >= 4 is 5.97 Å². The summed E-state index contributed by atoms with van der Waals surface area (Å²) in [7, 11) is 0. The number of esters is 1. The molecule has 0 spiro atoms. The summed E-state index contributed by atoms with van der Waals surface area (Å²) in [6.45, 7) is 3.53. The van der Waals surface area contributed by atoms with Gasteiger partial charge in [0.2, 0.25) is 0 Å². The van der Waals surface area contributed by atoms with Crippen LogP contribution in [0, 0.1) is 0 Å². The van der Waals surface area contributed by atoms with Crippen molar-refractivity contribution in [1.82, 2.24) is 0 Å². The Kier molecular flexibility index (Phi) is 44.7. The Morgan fingerprint density at radius 2 is 0.844 bits per heavy atom. The predicted molar refractivity (Wildman–Crippen MR) is 307 cm³/mol. The van der Waals surface area contributed by atoms with E-state index in [1.54, 1.807) is 0 Å². The van der Waals surface area contributed by atoms with Gasteiger partial charge in [0.05, 0.1) is 26.4 Å². The lowest BCUT2D eigenvalue weighted by molar-refractivity contribution is -0.332. The van der Waals surface area contributed by atoms with Gasteiger partial charge >= 0.3 is 5.97 Å². The van der Waals surface area contributed by atoms with Crippen molar-refractivity contribution in [1.29, 1.82) is 0 Å². The zero-order valence-electron chi connectivity index (χ0n) is 47.7. The molecule has 2 aliphatic heterocycles. The molecule has 0 bridgehead atoms. The number of ether oxygens (including phenoxy) is 6. The van der Waals surface area contributed by atoms with Gasteiger partial charge in [0.25, 0.3) is 0 Å². The van der Waals surface area contributed by atoms with E-state index in [9.17, 15) is 40.5 Å². The molecule has 14 nitrogen and oxygen atoms in total. The van der Waals surface area contributed by atoms with E-state index >= 15 is 0 Å². The van der Waals surface area contributed by atoms with Crippen LogP contribution in [0.25, 0.3) is 0 Å². The molecule has 444 valence electrons. The highest BCUT2D eigenvalue weighted by Crippen LogP contribution is 2.27. The molecule has 0 radical (unpaired) electrons. The van der Waals surface area contributed by atoms with Gasteiger partial charge in [-0.25, -0.2) is 0 Å². The molecule has 0 aromatic carbocycles. The Morgan fingerprint density at radius 1 is 0.442 bits per heavy atom. The SMILES string of the molecule is CC/C=C\C/C=C\C/C=C\C/C=C\C/C=C\CCCCCCCCCCCCOCC(COC1OC(COC2OC(CO)C(O)C(O)C2O)C(O)C(O)C1O)OC(=O)CCCCCCCCC/C=C\C/C=C\CCCCC. The summed E-state index contributed by atoms with van der Waals surface area (Å²) in [6.07, 6.45) is 47.8. The molecule has 2 rings (SSSR count). The number of aliphatic hydroxyl groups is 7. The molecule has 0 saturated carbocycles. The van der Waals surface area contributed by atoms with Crippen molar-refractivity contribution in [2.75, 3.05) is 33.0 Å². The number of hydrogen-bond donors (Lipinski definition) is 7. The maximum absolute atomic E-state index is 13.1. The topological polar surface area (TPSA) is 214 Å². The second-order valence-electron chi connectivity index (χ2n) is 20.8. The van der Waals surface area contributed by atoms with Gasteiger partial charge in [-0.2, -0.15) is 0 Å². The molecule has 7 N–H and O–H groups in total. The zero-order chi connectivity index (χ0) is 55.8. The minimum Gasteiger partial charge on any atom is -0.457 e. The molecule has 11 atom stereocenters. The van der Waals surface area contributed by atoms with Crippen molar-refractivity contribution in [3.8, 4) is 0 Å². The lowest BCUT2D eigenvalue weighted by Gasteiger charge is -2.42. The van der Waals surface area contributed by atoms with Crippen molar-refractivity contribution in [2.45, 2.75) is 274 Å². The van der Waals surface area contributed by atoms with Gasteiger partial charge in [-0.15, -0.1) is 0 Å². The lowest BCUT2D eigenvalue weighted by atomic mass is 9.98. The summed E-state index contributed by atoms with van der Waals surface area (Å²) >= 11 is 0. The number of carbonyl (C=O) groups excluding carboxylic acids is 1. The number of aliphatic hydroxyl groups excluding tert-OH is 7. The van der Waals surface area contributed by atoms with Crippen molar-refractivity contribution in [3.63, 3.8) is 0 Å². The second kappa shape index (κ2) is 49.0. The van der Waals surface area contributed by atoms with Crippen LogP contribution in [0.1, 0.15) is 206 Å². The van der Waals surface area contributed by atoms with Gasteiger partial charge in [-0.1, -0.05) is 195 Å². The molecule has 11 unspecified atom stereocenters. The maximum atomic E-state index is 13.1. The Labute approximate surface area is 465 Å². The molecular weight excluding hydrogens is 981 g/mol. The van der Waals surface area contributed by atoms with Crippen LogP contribution in [0.3, 0.4) is 0 Å². The number of unbranched alkanes of at least 4 members (excludes halogenated alkanes) is 20. The molecule has 2 aliphatic rings. The molecule has 2 saturated heterocycles. The average Bonchev–Trinajstić information content (AvgIpc) is 3.43. The Bertz CT molecular complexity index is 1590. The van der Waals surface area contributed by atoms with E-state index in [0.717, 1.165) is 89.9 Å². The van der Waals surface area contributed by atoms with E-state index < -0.39 is 80.7 Å². The first kappa shape index (κ1) is 70.3. The van der Waals surface area contributed by atoms with Crippen molar-refractivity contribution < 1.29 is 69.0 Å². The summed E-state index contributed by atoms with van der Waals surface area (Å²) in [5.74, 6) is -0.388. The van der Waals surface area contributed by atoms with Crippen LogP contribution in [0.4, 0.5) is 0 Å². The summed E-state index contributed by atoms with van der Waals surface area (Å²) in [4.78, 5) is 13.1. The molecule has 14 heteroatoms. The van der Waals surface area contributed by atoms with Crippen LogP contribution in [0.5, 0.6) is 0 Å². The molecule has 77 heavy (non-hydrogen) atoms. The number of allylic oxidation sites excluding steroid dienone is 14. The predicted octanol–water partition coefficient (Wildman–Crippen LogP) is 11.2. The van der Waals surface area contributed by atoms with Crippen molar-refractivity contribution in [2.24, 2.45) is 0 Å². The molecular formula is C63H108O14. The Hall–Kier alpha value is -2.83. The summed E-state index contributed by atoms with van der Waals surface area (Å²) in [6, 6.07) is 0. The van der Waals surface area contributed by atoms with Crippen LogP contribution < -0.4 is 0 Å². The first-order chi connectivity index (χ1) is 37.6. The smallest absolute Gasteiger partial charge is 0.306 e. The largest absolute Gasteiger partial charge is 0.457 e. The molecule has 0 aromatic rings. The van der Waals surface area contributed by atoms with Crippen LogP contribution in [-0.2, 0) is 33.2 Å².